The molecule has 1 N–H and O–H groups in total. The van der Waals surface area contributed by atoms with Gasteiger partial charge in [-0.1, -0.05) is 13.8 Å². The quantitative estimate of drug-likeness (QED) is 0.852. The van der Waals surface area contributed by atoms with Crippen LogP contribution in [-0.2, 0) is 11.3 Å². The van der Waals surface area contributed by atoms with Crippen LogP contribution in [-0.4, -0.2) is 41.1 Å². The van der Waals surface area contributed by atoms with E-state index in [1.54, 1.807) is 7.11 Å². The predicted octanol–water partition coefficient (Wildman–Crippen LogP) is 2.21. The summed E-state index contributed by atoms with van der Waals surface area (Å²) in [6, 6.07) is 0. The number of hydrogen-bond acceptors (Lipinski definition) is 4. The summed E-state index contributed by atoms with van der Waals surface area (Å²) in [4.78, 5) is 2.27. The van der Waals surface area contributed by atoms with E-state index in [1.807, 2.05) is 0 Å². The van der Waals surface area contributed by atoms with Crippen LogP contribution in [0.2, 0.25) is 0 Å². The molecule has 0 aromatic carbocycles. The third-order valence-electron chi connectivity index (χ3n) is 3.66. The number of hydrogen-bond donors (Lipinski definition) is 1. The molecule has 2 rings (SSSR count). The summed E-state index contributed by atoms with van der Waals surface area (Å²) in [5.41, 5.74) is 0. The average molecular weight is 270 g/mol. The molecule has 1 aromatic heterocycles. The first kappa shape index (κ1) is 13.5. The molecule has 0 saturated carbocycles. The van der Waals surface area contributed by atoms with Crippen LogP contribution in [0, 0.1) is 10.7 Å². The van der Waals surface area contributed by atoms with Crippen molar-refractivity contribution < 1.29 is 4.74 Å². The van der Waals surface area contributed by atoms with Gasteiger partial charge in [0.25, 0.3) is 0 Å². The summed E-state index contributed by atoms with van der Waals surface area (Å²) in [6.45, 7) is 7.21. The van der Waals surface area contributed by atoms with E-state index in [0.717, 1.165) is 38.4 Å². The van der Waals surface area contributed by atoms with Gasteiger partial charge < -0.3 is 9.64 Å². The van der Waals surface area contributed by atoms with Gasteiger partial charge in [0.05, 0.1) is 6.10 Å². The van der Waals surface area contributed by atoms with Crippen LogP contribution < -0.4 is 4.90 Å². The minimum atomic E-state index is 0.277. The Morgan fingerprint density at radius 1 is 1.56 bits per heavy atom. The van der Waals surface area contributed by atoms with Crippen LogP contribution >= 0.6 is 12.2 Å². The lowest BCUT2D eigenvalue weighted by Crippen LogP contribution is -2.45. The third kappa shape index (κ3) is 2.59. The van der Waals surface area contributed by atoms with Gasteiger partial charge in [0.2, 0.25) is 5.95 Å². The van der Waals surface area contributed by atoms with Crippen molar-refractivity contribution in [2.24, 2.45) is 5.92 Å². The van der Waals surface area contributed by atoms with E-state index in [0.29, 0.717) is 10.7 Å². The van der Waals surface area contributed by atoms with Crippen molar-refractivity contribution in [2.45, 2.75) is 39.3 Å². The van der Waals surface area contributed by atoms with E-state index >= 15 is 0 Å². The maximum absolute atomic E-state index is 5.55. The van der Waals surface area contributed by atoms with Gasteiger partial charge in [0, 0.05) is 26.7 Å². The second-order valence-corrected chi connectivity index (χ2v) is 5.35. The Morgan fingerprint density at radius 3 is 3.00 bits per heavy atom. The second-order valence-electron chi connectivity index (χ2n) is 4.97. The number of anilines is 1. The predicted molar refractivity (Wildman–Crippen MR) is 74.5 cm³/mol. The minimum Gasteiger partial charge on any atom is -0.379 e. The number of piperidine rings is 1. The van der Waals surface area contributed by atoms with E-state index in [1.165, 1.54) is 0 Å². The van der Waals surface area contributed by atoms with Gasteiger partial charge in [0.15, 0.2) is 4.77 Å². The molecule has 2 atom stereocenters. The van der Waals surface area contributed by atoms with Crippen LogP contribution in [0.25, 0.3) is 0 Å². The van der Waals surface area contributed by atoms with Crippen molar-refractivity contribution >= 4 is 18.2 Å². The second kappa shape index (κ2) is 5.84. The Hall–Kier alpha value is -0.880. The van der Waals surface area contributed by atoms with Gasteiger partial charge in [-0.15, -0.1) is 5.10 Å². The highest BCUT2D eigenvalue weighted by Crippen LogP contribution is 2.23. The molecule has 2 unspecified atom stereocenters. The monoisotopic (exact) mass is 270 g/mol. The summed E-state index contributed by atoms with van der Waals surface area (Å²) in [7, 11) is 1.79. The highest BCUT2D eigenvalue weighted by Gasteiger charge is 2.28. The van der Waals surface area contributed by atoms with Crippen LogP contribution in [0.3, 0.4) is 0 Å². The molecular formula is C12H22N4OS. The summed E-state index contributed by atoms with van der Waals surface area (Å²) in [6.07, 6.45) is 2.46. The maximum Gasteiger partial charge on any atom is 0.225 e. The molecule has 5 nitrogen and oxygen atoms in total. The molecule has 1 aliphatic heterocycles. The number of aromatic nitrogens is 3. The Kier molecular flexibility index (Phi) is 4.40. The third-order valence-corrected chi connectivity index (χ3v) is 3.97. The number of nitrogens with one attached hydrogen (secondary N) is 1. The Bertz CT molecular complexity index is 442. The van der Waals surface area contributed by atoms with E-state index in [2.05, 4.69) is 33.5 Å². The molecule has 1 saturated heterocycles. The number of rotatable bonds is 4. The SMILES string of the molecule is CCCn1c(N2CCC(C)C(OC)C2)n[nH]c1=S. The standard InChI is InChI=1S/C12H22N4OS/c1-4-6-16-11(13-14-12(16)18)15-7-5-9(2)10(8-15)17-3/h9-10H,4-8H2,1-3H3,(H,14,18). The summed E-state index contributed by atoms with van der Waals surface area (Å²) >= 11 is 5.28. The van der Waals surface area contributed by atoms with Gasteiger partial charge in [-0.3, -0.25) is 4.57 Å². The smallest absolute Gasteiger partial charge is 0.225 e. The summed E-state index contributed by atoms with van der Waals surface area (Å²) in [5.74, 6) is 1.56. The normalized spacial score (nSPS) is 24.5. The number of methoxy groups -OCH3 is 1. The first-order chi connectivity index (χ1) is 8.67. The van der Waals surface area contributed by atoms with Gasteiger partial charge in [-0.05, 0) is 31.0 Å². The molecule has 0 bridgehead atoms. The minimum absolute atomic E-state index is 0.277. The van der Waals surface area contributed by atoms with E-state index in [9.17, 15) is 0 Å². The molecule has 0 radical (unpaired) electrons. The van der Waals surface area contributed by atoms with Crippen molar-refractivity contribution in [3.63, 3.8) is 0 Å². The fourth-order valence-corrected chi connectivity index (χ4v) is 2.72. The zero-order chi connectivity index (χ0) is 13.1. The number of nitrogens with zero attached hydrogens (tertiary/aromatic N) is 3. The van der Waals surface area contributed by atoms with Crippen LogP contribution in [0.5, 0.6) is 0 Å². The van der Waals surface area contributed by atoms with Crippen molar-refractivity contribution in [3.05, 3.63) is 4.77 Å². The lowest BCUT2D eigenvalue weighted by Gasteiger charge is -2.36. The molecule has 1 aromatic rings. The molecule has 102 valence electrons. The zero-order valence-electron chi connectivity index (χ0n) is 11.3. The Balaban J connectivity index is 2.19. The summed E-state index contributed by atoms with van der Waals surface area (Å²) < 4.78 is 8.34. The van der Waals surface area contributed by atoms with Gasteiger partial charge >= 0.3 is 0 Å². The Labute approximate surface area is 113 Å². The highest BCUT2D eigenvalue weighted by molar-refractivity contribution is 7.71. The van der Waals surface area contributed by atoms with Crippen LogP contribution in [0.4, 0.5) is 5.95 Å². The van der Waals surface area contributed by atoms with E-state index in [4.69, 9.17) is 17.0 Å². The number of ether oxygens (including phenoxy) is 1. The van der Waals surface area contributed by atoms with Crippen molar-refractivity contribution in [3.8, 4) is 0 Å². The van der Waals surface area contributed by atoms with Crippen LogP contribution in [0.15, 0.2) is 0 Å². The fourth-order valence-electron chi connectivity index (χ4n) is 2.50. The largest absolute Gasteiger partial charge is 0.379 e. The highest BCUT2D eigenvalue weighted by atomic mass is 32.1. The van der Waals surface area contributed by atoms with Crippen molar-refractivity contribution in [1.29, 1.82) is 0 Å². The molecule has 1 fully saturated rings. The maximum atomic E-state index is 5.55. The fraction of sp³-hybridized carbons (Fsp3) is 0.833. The molecule has 0 spiro atoms. The lowest BCUT2D eigenvalue weighted by atomic mass is 9.96. The summed E-state index contributed by atoms with van der Waals surface area (Å²) in [5, 5.41) is 7.26. The van der Waals surface area contributed by atoms with Crippen molar-refractivity contribution in [1.82, 2.24) is 14.8 Å². The van der Waals surface area contributed by atoms with Gasteiger partial charge in [0.1, 0.15) is 0 Å². The number of aromatic amines is 1. The molecule has 1 aliphatic rings. The topological polar surface area (TPSA) is 46.1 Å². The average Bonchev–Trinajstić information content (AvgIpc) is 2.73. The first-order valence-electron chi connectivity index (χ1n) is 6.60. The number of H-pyrrole nitrogens is 1. The Morgan fingerprint density at radius 2 is 2.33 bits per heavy atom. The van der Waals surface area contributed by atoms with Gasteiger partial charge in [-0.2, -0.15) is 0 Å². The van der Waals surface area contributed by atoms with Crippen LogP contribution in [0.1, 0.15) is 26.7 Å². The molecule has 0 amide bonds. The molecule has 6 heteroatoms. The van der Waals surface area contributed by atoms with Gasteiger partial charge in [-0.25, -0.2) is 5.10 Å². The van der Waals surface area contributed by atoms with E-state index in [-0.39, 0.29) is 6.10 Å². The lowest BCUT2D eigenvalue weighted by molar-refractivity contribution is 0.0492. The molecule has 18 heavy (non-hydrogen) atoms. The zero-order valence-corrected chi connectivity index (χ0v) is 12.2. The van der Waals surface area contributed by atoms with Crippen molar-refractivity contribution in [2.75, 3.05) is 25.1 Å². The molecular weight excluding hydrogens is 248 g/mol. The first-order valence-corrected chi connectivity index (χ1v) is 7.01. The molecule has 0 aliphatic carbocycles. The van der Waals surface area contributed by atoms with E-state index < -0.39 is 0 Å². The molecule has 2 heterocycles.